The fourth-order valence-corrected chi connectivity index (χ4v) is 2.64. The third kappa shape index (κ3) is 2.22. The first kappa shape index (κ1) is 12.2. The minimum absolute atomic E-state index is 0.0549. The molecule has 1 aromatic heterocycles. The van der Waals surface area contributed by atoms with Crippen molar-refractivity contribution in [3.63, 3.8) is 0 Å². The van der Waals surface area contributed by atoms with E-state index >= 15 is 0 Å². The van der Waals surface area contributed by atoms with Gasteiger partial charge in [0.2, 0.25) is 0 Å². The minimum Gasteiger partial charge on any atom is -0.481 e. The van der Waals surface area contributed by atoms with E-state index in [0.29, 0.717) is 0 Å². The van der Waals surface area contributed by atoms with Gasteiger partial charge in [0.15, 0.2) is 0 Å². The molecule has 0 atom stereocenters. The van der Waals surface area contributed by atoms with Crippen LogP contribution in [-0.2, 0) is 11.2 Å². The molecule has 0 saturated heterocycles. The van der Waals surface area contributed by atoms with Gasteiger partial charge in [-0.25, -0.2) is 0 Å². The molecule has 0 fully saturated rings. The first-order chi connectivity index (χ1) is 8.00. The lowest BCUT2D eigenvalue weighted by atomic mass is 10.2. The lowest BCUT2D eigenvalue weighted by molar-refractivity contribution is -0.136. The molecule has 2 aromatic rings. The Morgan fingerprint density at radius 2 is 2.18 bits per heavy atom. The number of fused-ring (bicyclic) bond motifs is 1. The second-order valence-corrected chi connectivity index (χ2v) is 5.20. The number of benzene rings is 1. The van der Waals surface area contributed by atoms with Crippen LogP contribution >= 0.6 is 15.9 Å². The Morgan fingerprint density at radius 1 is 1.47 bits per heavy atom. The summed E-state index contributed by atoms with van der Waals surface area (Å²) < 4.78 is 3.08. The minimum atomic E-state index is -0.800. The molecule has 0 aliphatic carbocycles. The summed E-state index contributed by atoms with van der Waals surface area (Å²) in [4.78, 5) is 10.9. The van der Waals surface area contributed by atoms with Gasteiger partial charge in [0.25, 0.3) is 0 Å². The van der Waals surface area contributed by atoms with Crippen LogP contribution in [0.15, 0.2) is 28.7 Å². The molecule has 17 heavy (non-hydrogen) atoms. The summed E-state index contributed by atoms with van der Waals surface area (Å²) in [6.07, 6.45) is 0.0549. The molecule has 1 heterocycles. The van der Waals surface area contributed by atoms with Crippen molar-refractivity contribution in [2.75, 3.05) is 0 Å². The standard InChI is InChI=1S/C13H14BrNO2/c1-8(2)15-9(7-13(16)17)6-10-11(14)4-3-5-12(10)15/h3-6,8H,7H2,1-2H3,(H,16,17). The van der Waals surface area contributed by atoms with Crippen LogP contribution in [0.25, 0.3) is 10.9 Å². The van der Waals surface area contributed by atoms with E-state index < -0.39 is 5.97 Å². The normalized spacial score (nSPS) is 11.3. The number of nitrogens with zero attached hydrogens (tertiary/aromatic N) is 1. The van der Waals surface area contributed by atoms with E-state index in [4.69, 9.17) is 5.11 Å². The Balaban J connectivity index is 2.70. The highest BCUT2D eigenvalue weighted by molar-refractivity contribution is 9.10. The molecule has 2 rings (SSSR count). The molecule has 0 bridgehead atoms. The average molecular weight is 296 g/mol. The topological polar surface area (TPSA) is 42.2 Å². The van der Waals surface area contributed by atoms with Gasteiger partial charge >= 0.3 is 5.97 Å². The molecule has 4 heteroatoms. The number of carboxylic acids is 1. The zero-order valence-corrected chi connectivity index (χ0v) is 11.4. The number of hydrogen-bond acceptors (Lipinski definition) is 1. The molecule has 90 valence electrons. The molecular weight excluding hydrogens is 282 g/mol. The van der Waals surface area contributed by atoms with Crippen LogP contribution in [-0.4, -0.2) is 15.6 Å². The van der Waals surface area contributed by atoms with Gasteiger partial charge in [-0.1, -0.05) is 22.0 Å². The van der Waals surface area contributed by atoms with Crippen LogP contribution < -0.4 is 0 Å². The van der Waals surface area contributed by atoms with Crippen LogP contribution in [0.1, 0.15) is 25.6 Å². The first-order valence-electron chi connectivity index (χ1n) is 5.51. The molecule has 0 aliphatic heterocycles. The molecule has 0 radical (unpaired) electrons. The first-order valence-corrected chi connectivity index (χ1v) is 6.30. The molecule has 0 amide bonds. The van der Waals surface area contributed by atoms with E-state index in [1.807, 2.05) is 24.3 Å². The number of carbonyl (C=O) groups is 1. The number of aliphatic carboxylic acids is 1. The summed E-state index contributed by atoms with van der Waals surface area (Å²) in [6, 6.07) is 8.16. The SMILES string of the molecule is CC(C)n1c(CC(=O)O)cc2c(Br)cccc21. The van der Waals surface area contributed by atoms with E-state index in [1.54, 1.807) is 0 Å². The highest BCUT2D eigenvalue weighted by Crippen LogP contribution is 2.30. The highest BCUT2D eigenvalue weighted by Gasteiger charge is 2.14. The Kier molecular flexibility index (Phi) is 3.24. The van der Waals surface area contributed by atoms with Crippen LogP contribution in [0.4, 0.5) is 0 Å². The summed E-state index contributed by atoms with van der Waals surface area (Å²) in [6.45, 7) is 4.12. The summed E-state index contributed by atoms with van der Waals surface area (Å²) in [5, 5.41) is 10.0. The predicted molar refractivity (Wildman–Crippen MR) is 71.4 cm³/mol. The number of rotatable bonds is 3. The van der Waals surface area contributed by atoms with Gasteiger partial charge in [-0.2, -0.15) is 0 Å². The maximum absolute atomic E-state index is 10.9. The fraction of sp³-hybridized carbons (Fsp3) is 0.308. The Labute approximate surface area is 108 Å². The van der Waals surface area contributed by atoms with Crippen molar-refractivity contribution in [2.24, 2.45) is 0 Å². The summed E-state index contributed by atoms with van der Waals surface area (Å²) in [7, 11) is 0. The lowest BCUT2D eigenvalue weighted by Crippen LogP contribution is -2.09. The molecule has 0 saturated carbocycles. The van der Waals surface area contributed by atoms with Crippen molar-refractivity contribution >= 4 is 32.8 Å². The maximum Gasteiger partial charge on any atom is 0.309 e. The van der Waals surface area contributed by atoms with E-state index in [-0.39, 0.29) is 12.5 Å². The van der Waals surface area contributed by atoms with Crippen LogP contribution in [0, 0.1) is 0 Å². The van der Waals surface area contributed by atoms with E-state index in [9.17, 15) is 4.79 Å². The third-order valence-electron chi connectivity index (χ3n) is 2.76. The van der Waals surface area contributed by atoms with Gasteiger partial charge in [0.1, 0.15) is 0 Å². The largest absolute Gasteiger partial charge is 0.481 e. The third-order valence-corrected chi connectivity index (χ3v) is 3.45. The average Bonchev–Trinajstić information content (AvgIpc) is 2.56. The number of carboxylic acid groups (broad SMARTS) is 1. The molecule has 3 nitrogen and oxygen atoms in total. The van der Waals surface area contributed by atoms with Gasteiger partial charge < -0.3 is 9.67 Å². The van der Waals surface area contributed by atoms with Gasteiger partial charge in [-0.3, -0.25) is 4.79 Å². The molecule has 0 spiro atoms. The van der Waals surface area contributed by atoms with Crippen molar-refractivity contribution in [1.29, 1.82) is 0 Å². The van der Waals surface area contributed by atoms with Crippen molar-refractivity contribution in [3.05, 3.63) is 34.4 Å². The van der Waals surface area contributed by atoms with Crippen molar-refractivity contribution in [1.82, 2.24) is 4.57 Å². The van der Waals surface area contributed by atoms with E-state index in [0.717, 1.165) is 21.1 Å². The number of aromatic nitrogens is 1. The monoisotopic (exact) mass is 295 g/mol. The van der Waals surface area contributed by atoms with E-state index in [1.165, 1.54) is 0 Å². The van der Waals surface area contributed by atoms with Crippen LogP contribution in [0.5, 0.6) is 0 Å². The Bertz CT molecular complexity index is 572. The molecule has 0 unspecified atom stereocenters. The Hall–Kier alpha value is -1.29. The second kappa shape index (κ2) is 4.53. The van der Waals surface area contributed by atoms with Crippen LogP contribution in [0.3, 0.4) is 0 Å². The zero-order chi connectivity index (χ0) is 12.6. The van der Waals surface area contributed by atoms with Gasteiger partial charge in [0.05, 0.1) is 6.42 Å². The van der Waals surface area contributed by atoms with Gasteiger partial charge in [-0.15, -0.1) is 0 Å². The molecule has 1 aromatic carbocycles. The summed E-state index contributed by atoms with van der Waals surface area (Å²) in [5.41, 5.74) is 1.92. The molecule has 1 N–H and O–H groups in total. The van der Waals surface area contributed by atoms with Crippen LogP contribution in [0.2, 0.25) is 0 Å². The maximum atomic E-state index is 10.9. The second-order valence-electron chi connectivity index (χ2n) is 4.34. The predicted octanol–water partition coefficient (Wildman–Crippen LogP) is 3.61. The van der Waals surface area contributed by atoms with Gasteiger partial charge in [-0.05, 0) is 32.0 Å². The summed E-state index contributed by atoms with van der Waals surface area (Å²) >= 11 is 3.50. The van der Waals surface area contributed by atoms with Crippen molar-refractivity contribution in [2.45, 2.75) is 26.3 Å². The number of halogens is 1. The van der Waals surface area contributed by atoms with E-state index in [2.05, 4.69) is 34.3 Å². The fourth-order valence-electron chi connectivity index (χ4n) is 2.17. The highest BCUT2D eigenvalue weighted by atomic mass is 79.9. The molecule has 0 aliphatic rings. The zero-order valence-electron chi connectivity index (χ0n) is 9.77. The lowest BCUT2D eigenvalue weighted by Gasteiger charge is -2.13. The van der Waals surface area contributed by atoms with Crippen molar-refractivity contribution in [3.8, 4) is 0 Å². The number of hydrogen-bond donors (Lipinski definition) is 1. The Morgan fingerprint density at radius 3 is 2.76 bits per heavy atom. The summed E-state index contributed by atoms with van der Waals surface area (Å²) in [5.74, 6) is -0.800. The van der Waals surface area contributed by atoms with Crippen molar-refractivity contribution < 1.29 is 9.90 Å². The smallest absolute Gasteiger partial charge is 0.309 e. The van der Waals surface area contributed by atoms with Gasteiger partial charge in [0, 0.05) is 27.1 Å². The quantitative estimate of drug-likeness (QED) is 0.940. The molecular formula is C13H14BrNO2.